The minimum absolute atomic E-state index is 0. The molecule has 0 saturated heterocycles. The summed E-state index contributed by atoms with van der Waals surface area (Å²) in [6, 6.07) is 0. The fraction of sp³-hybridized carbons (Fsp3) is 0. The summed E-state index contributed by atoms with van der Waals surface area (Å²) in [5.41, 5.74) is 0. The third-order valence-electron chi connectivity index (χ3n) is 0. The number of hydrogen-bond acceptors (Lipinski definition) is 8. The Morgan fingerprint density at radius 2 is 0.379 bits per heavy atom. The van der Waals surface area contributed by atoms with Crippen LogP contribution in [0.1, 0.15) is 0 Å². The van der Waals surface area contributed by atoms with E-state index >= 15 is 0 Å². The van der Waals surface area contributed by atoms with Gasteiger partial charge in [0.15, 0.2) is 0 Å². The molecule has 0 fully saturated rings. The van der Waals surface area contributed by atoms with Gasteiger partial charge in [-0.1, -0.05) is 0 Å². The van der Waals surface area contributed by atoms with Gasteiger partial charge in [0, 0.05) is 105 Å². The average molecular weight is 765 g/mol. The van der Waals surface area contributed by atoms with E-state index < -0.39 is 24.6 Å². The standard InChI is InChI=1S/4CH2O3.2CH3.7H2O.4Zr/c4*2-1(3)4;;;;;;;;;;;;;/h4*(H2,2,3,4);2*1H3;7*1H2;;;;/q;;;;2*-1;;;;;;;;;;;/p-4. The minimum atomic E-state index is -2.08. The third-order valence-corrected chi connectivity index (χ3v) is 0. The van der Waals surface area contributed by atoms with Crippen molar-refractivity contribution in [3.05, 3.63) is 14.9 Å². The van der Waals surface area contributed by atoms with Crippen LogP contribution in [0.4, 0.5) is 19.2 Å². The van der Waals surface area contributed by atoms with Crippen molar-refractivity contribution in [3.8, 4) is 0 Å². The van der Waals surface area contributed by atoms with Crippen molar-refractivity contribution in [1.82, 2.24) is 0 Å². The molecule has 0 aliphatic carbocycles. The molecule has 0 bridgehead atoms. The zero-order valence-corrected chi connectivity index (χ0v) is 24.4. The van der Waals surface area contributed by atoms with Crippen molar-refractivity contribution in [2.45, 2.75) is 0 Å². The number of hydrogen-bond donors (Lipinski definition) is 4. The van der Waals surface area contributed by atoms with Gasteiger partial charge in [0.25, 0.3) is 0 Å². The van der Waals surface area contributed by atoms with Gasteiger partial charge in [-0.05, 0) is 0 Å². The summed E-state index contributed by atoms with van der Waals surface area (Å²) in [4.78, 5) is 33.8. The van der Waals surface area contributed by atoms with Gasteiger partial charge in [-0.3, -0.25) is 0 Å². The van der Waals surface area contributed by atoms with E-state index in [2.05, 4.69) is 0 Å². The summed E-state index contributed by atoms with van der Waals surface area (Å²) in [7, 11) is 0. The Kier molecular flexibility index (Phi) is 743. The fourth-order valence-electron chi connectivity index (χ4n) is 0. The summed E-state index contributed by atoms with van der Waals surface area (Å²) < 4.78 is 0. The molecule has 0 atom stereocenters. The maximum atomic E-state index is 8.44. The second kappa shape index (κ2) is 139. The predicted octanol–water partition coefficient (Wildman–Crippen LogP) is -9.33. The molecule has 0 unspecified atom stereocenters. The second-order valence-electron chi connectivity index (χ2n) is 1.06. The Morgan fingerprint density at radius 3 is 0.379 bits per heavy atom. The quantitative estimate of drug-likeness (QED) is 0.167. The number of rotatable bonds is 0. The van der Waals surface area contributed by atoms with Crippen molar-refractivity contribution in [3.63, 3.8) is 0 Å². The molecule has 0 saturated carbocycles. The van der Waals surface area contributed by atoms with E-state index in [4.69, 9.17) is 60.0 Å². The van der Waals surface area contributed by atoms with E-state index in [1.165, 1.54) is 0 Å². The molecule has 0 amide bonds. The molecule has 0 aliphatic rings. The van der Waals surface area contributed by atoms with Crippen molar-refractivity contribution in [1.29, 1.82) is 0 Å². The SMILES string of the molecule is O.O.O.O.O.O.O.O=C([O-])O.O=C([O-])O.O=C([O-])O.O=C([O-])O.[CH3-].[CH3-].[Zr].[Zr].[Zr].[Zr]. The molecule has 0 aromatic rings. The van der Waals surface area contributed by atoms with Crippen LogP contribution in [0.3, 0.4) is 0 Å². The van der Waals surface area contributed by atoms with E-state index in [-0.39, 0.29) is 158 Å². The third kappa shape index (κ3) is 178000. The van der Waals surface area contributed by atoms with Gasteiger partial charge in [-0.15, -0.1) is 0 Å². The molecule has 19 nitrogen and oxygen atoms in total. The molecule has 0 aliphatic heterocycles. The van der Waals surface area contributed by atoms with Crippen LogP contribution in [0.25, 0.3) is 0 Å². The Hall–Kier alpha value is 0.332. The van der Waals surface area contributed by atoms with Crippen LogP contribution in [-0.4, -0.2) is 83.4 Å². The van der Waals surface area contributed by atoms with Gasteiger partial charge in [0.2, 0.25) is 24.6 Å². The van der Waals surface area contributed by atoms with E-state index in [1.807, 2.05) is 0 Å². The maximum absolute atomic E-state index is 8.44. The Bertz CT molecular complexity index is 177. The topological polar surface area (TPSA) is 462 Å². The van der Waals surface area contributed by atoms with Gasteiger partial charge in [0.1, 0.15) is 0 Å². The molecular weight excluding hydrogens is 741 g/mol. The first kappa shape index (κ1) is 155. The van der Waals surface area contributed by atoms with Crippen molar-refractivity contribution < 1.29 is 203 Å². The molecule has 184 valence electrons. The van der Waals surface area contributed by atoms with E-state index in [9.17, 15) is 0 Å². The van der Waals surface area contributed by atoms with Crippen LogP contribution in [0, 0.1) is 14.9 Å². The maximum Gasteiger partial charge on any atom is 0.249 e. The first-order valence-electron chi connectivity index (χ1n) is 2.53. The molecule has 23 heteroatoms. The fourth-order valence-corrected chi connectivity index (χ4v) is 0. The Balaban J connectivity index is -0.00000000384. The molecule has 0 aromatic carbocycles. The predicted molar refractivity (Wildman–Crippen MR) is 70.2 cm³/mol. The van der Waals surface area contributed by atoms with Crippen LogP contribution >= 0.6 is 0 Å². The zero-order chi connectivity index (χ0) is 14.3. The van der Waals surface area contributed by atoms with Crippen LogP contribution in [-0.2, 0) is 105 Å². The van der Waals surface area contributed by atoms with Crippen molar-refractivity contribution in [2.24, 2.45) is 0 Å². The first-order valence-corrected chi connectivity index (χ1v) is 2.53. The summed E-state index contributed by atoms with van der Waals surface area (Å²) >= 11 is 0. The van der Waals surface area contributed by atoms with E-state index in [0.29, 0.717) is 0 Å². The first-order chi connectivity index (χ1) is 6.93. The molecule has 18 N–H and O–H groups in total. The molecular formula is C6H24O19Zr4-6. The Morgan fingerprint density at radius 1 is 0.379 bits per heavy atom. The summed E-state index contributed by atoms with van der Waals surface area (Å²) in [6.45, 7) is 0. The smallest absolute Gasteiger partial charge is 0.249 e. The molecule has 0 rings (SSSR count). The van der Waals surface area contributed by atoms with Crippen LogP contribution in [0.5, 0.6) is 0 Å². The van der Waals surface area contributed by atoms with Gasteiger partial charge >= 0.3 is 0 Å². The summed E-state index contributed by atoms with van der Waals surface area (Å²) in [5, 5.41) is 61.2. The van der Waals surface area contributed by atoms with Crippen LogP contribution in [0.15, 0.2) is 0 Å². The second-order valence-corrected chi connectivity index (χ2v) is 1.06. The van der Waals surface area contributed by atoms with Crippen LogP contribution in [0.2, 0.25) is 0 Å². The molecule has 0 radical (unpaired) electrons. The van der Waals surface area contributed by atoms with Crippen LogP contribution < -0.4 is 20.4 Å². The largest absolute Gasteiger partial charge is 0.565 e. The molecule has 0 aromatic heterocycles. The molecule has 29 heavy (non-hydrogen) atoms. The van der Waals surface area contributed by atoms with Crippen molar-refractivity contribution in [2.75, 3.05) is 0 Å². The van der Waals surface area contributed by atoms with Gasteiger partial charge in [-0.2, -0.15) is 0 Å². The summed E-state index contributed by atoms with van der Waals surface area (Å²) in [5.74, 6) is 0. The monoisotopic (exact) mass is 760 g/mol. The zero-order valence-electron chi connectivity index (χ0n) is 14.6. The number of carboxylic acid groups (broad SMARTS) is 8. The minimum Gasteiger partial charge on any atom is -0.565 e. The van der Waals surface area contributed by atoms with Crippen molar-refractivity contribution >= 4 is 24.6 Å². The number of carbonyl (C=O) groups is 4. The van der Waals surface area contributed by atoms with Gasteiger partial charge in [0.05, 0.1) is 0 Å². The average Bonchev–Trinajstić information content (AvgIpc) is 1.76. The van der Waals surface area contributed by atoms with Gasteiger partial charge in [-0.25, -0.2) is 0 Å². The molecule has 0 spiro atoms. The normalized spacial score (nSPS) is 3.31. The molecule has 0 heterocycles. The van der Waals surface area contributed by atoms with E-state index in [0.717, 1.165) is 0 Å². The Labute approximate surface area is 240 Å². The van der Waals surface area contributed by atoms with Gasteiger partial charge < -0.3 is 113 Å². The summed E-state index contributed by atoms with van der Waals surface area (Å²) in [6.07, 6.45) is -8.33. The van der Waals surface area contributed by atoms with E-state index in [1.54, 1.807) is 0 Å².